The first kappa shape index (κ1) is 17.7. The number of rotatable bonds is 6. The molecule has 0 radical (unpaired) electrons. The molecule has 1 heterocycles. The third kappa shape index (κ3) is 5.17. The summed E-state index contributed by atoms with van der Waals surface area (Å²) in [4.78, 5) is 14.1. The Morgan fingerprint density at radius 3 is 2.81 bits per heavy atom. The maximum atomic E-state index is 12.7. The lowest BCUT2D eigenvalue weighted by Crippen LogP contribution is -2.41. The van der Waals surface area contributed by atoms with Crippen LogP contribution in [0.2, 0.25) is 0 Å². The summed E-state index contributed by atoms with van der Waals surface area (Å²) in [5.41, 5.74) is 0. The molecule has 1 aromatic rings. The summed E-state index contributed by atoms with van der Waals surface area (Å²) < 4.78 is 18.2. The number of nitrogens with zero attached hydrogens (tertiary/aromatic N) is 1. The number of hydrogen-bond donors (Lipinski definition) is 1. The van der Waals surface area contributed by atoms with E-state index in [1.165, 1.54) is 12.1 Å². The summed E-state index contributed by atoms with van der Waals surface area (Å²) in [5.74, 6) is 0.428. The second-order valence-corrected chi connectivity index (χ2v) is 4.99. The number of halogens is 2. The van der Waals surface area contributed by atoms with Crippen molar-refractivity contribution in [2.75, 3.05) is 26.7 Å². The van der Waals surface area contributed by atoms with E-state index in [1.54, 1.807) is 12.1 Å². The van der Waals surface area contributed by atoms with Crippen molar-refractivity contribution in [2.45, 2.75) is 25.3 Å². The number of carbonyl (C=O) groups is 1. The molecular formula is C15H22ClFN2O2. The van der Waals surface area contributed by atoms with E-state index in [4.69, 9.17) is 4.74 Å². The number of carbonyl (C=O) groups excluding carboxylic acids is 1. The Kier molecular flexibility index (Phi) is 7.47. The molecule has 0 bridgehead atoms. The van der Waals surface area contributed by atoms with Crippen molar-refractivity contribution in [1.29, 1.82) is 0 Å². The third-order valence-electron chi connectivity index (χ3n) is 3.54. The first-order chi connectivity index (χ1) is 9.70. The number of hydrogen-bond acceptors (Lipinski definition) is 3. The number of amides is 1. The zero-order valence-electron chi connectivity index (χ0n) is 12.2. The van der Waals surface area contributed by atoms with E-state index in [-0.39, 0.29) is 24.1 Å². The summed E-state index contributed by atoms with van der Waals surface area (Å²) in [5, 5.41) is 3.12. The van der Waals surface area contributed by atoms with Gasteiger partial charge in [-0.1, -0.05) is 0 Å². The second-order valence-electron chi connectivity index (χ2n) is 4.99. The number of benzene rings is 1. The zero-order valence-corrected chi connectivity index (χ0v) is 13.0. The fourth-order valence-electron chi connectivity index (χ4n) is 2.54. The van der Waals surface area contributed by atoms with Gasteiger partial charge in [-0.25, -0.2) is 4.39 Å². The molecule has 1 aromatic carbocycles. The van der Waals surface area contributed by atoms with Gasteiger partial charge in [0.1, 0.15) is 11.6 Å². The van der Waals surface area contributed by atoms with Gasteiger partial charge in [0.05, 0.1) is 13.0 Å². The molecule has 6 heteroatoms. The summed E-state index contributed by atoms with van der Waals surface area (Å²) in [6.45, 7) is 2.00. The van der Waals surface area contributed by atoms with Gasteiger partial charge < -0.3 is 15.0 Å². The number of likely N-dealkylation sites (tertiary alicyclic amines) is 1. The summed E-state index contributed by atoms with van der Waals surface area (Å²) in [7, 11) is 1.90. The molecule has 0 aliphatic carbocycles. The maximum absolute atomic E-state index is 12.7. The van der Waals surface area contributed by atoms with Crippen molar-refractivity contribution < 1.29 is 13.9 Å². The predicted octanol–water partition coefficient (Wildman–Crippen LogP) is 2.23. The maximum Gasteiger partial charge on any atom is 0.226 e. The Hall–Kier alpha value is -1.33. The van der Waals surface area contributed by atoms with Gasteiger partial charge in [0.2, 0.25) is 5.91 Å². The van der Waals surface area contributed by atoms with Crippen LogP contribution in [0.5, 0.6) is 5.75 Å². The fourth-order valence-corrected chi connectivity index (χ4v) is 2.54. The average Bonchev–Trinajstić information content (AvgIpc) is 2.90. The monoisotopic (exact) mass is 316 g/mol. The minimum absolute atomic E-state index is 0. The van der Waals surface area contributed by atoms with Crippen molar-refractivity contribution in [2.24, 2.45) is 0 Å². The van der Waals surface area contributed by atoms with Gasteiger partial charge in [0.25, 0.3) is 0 Å². The predicted molar refractivity (Wildman–Crippen MR) is 82.4 cm³/mol. The molecule has 1 aliphatic rings. The van der Waals surface area contributed by atoms with Crippen LogP contribution < -0.4 is 10.1 Å². The van der Waals surface area contributed by atoms with Crippen molar-refractivity contribution in [1.82, 2.24) is 10.2 Å². The summed E-state index contributed by atoms with van der Waals surface area (Å²) in [6, 6.07) is 6.14. The van der Waals surface area contributed by atoms with Crippen LogP contribution in [0, 0.1) is 5.82 Å². The topological polar surface area (TPSA) is 41.6 Å². The van der Waals surface area contributed by atoms with E-state index in [9.17, 15) is 9.18 Å². The highest BCUT2D eigenvalue weighted by Gasteiger charge is 2.27. The zero-order chi connectivity index (χ0) is 14.4. The molecule has 2 rings (SSSR count). The third-order valence-corrected chi connectivity index (χ3v) is 3.54. The second kappa shape index (κ2) is 8.85. The average molecular weight is 317 g/mol. The van der Waals surface area contributed by atoms with E-state index < -0.39 is 0 Å². The Labute approximate surface area is 131 Å². The highest BCUT2D eigenvalue weighted by atomic mass is 35.5. The first-order valence-electron chi connectivity index (χ1n) is 7.03. The minimum Gasteiger partial charge on any atom is -0.493 e. The molecule has 1 N–H and O–H groups in total. The van der Waals surface area contributed by atoms with Crippen LogP contribution in [-0.2, 0) is 4.79 Å². The highest BCUT2D eigenvalue weighted by Crippen LogP contribution is 2.18. The molecule has 0 aromatic heterocycles. The number of ether oxygens (including phenoxy) is 1. The Morgan fingerprint density at radius 1 is 1.43 bits per heavy atom. The molecule has 1 fully saturated rings. The molecule has 1 amide bonds. The van der Waals surface area contributed by atoms with Crippen LogP contribution in [0.3, 0.4) is 0 Å². The first-order valence-corrected chi connectivity index (χ1v) is 7.03. The fraction of sp³-hybridized carbons (Fsp3) is 0.533. The standard InChI is InChI=1S/C15H21FN2O2.ClH/c1-17-11-13-3-2-9-18(13)15(19)8-10-20-14-6-4-12(16)5-7-14;/h4-7,13,17H,2-3,8-11H2,1H3;1H. The minimum atomic E-state index is -0.291. The molecular weight excluding hydrogens is 295 g/mol. The van der Waals surface area contributed by atoms with Gasteiger partial charge in [-0.3, -0.25) is 4.79 Å². The van der Waals surface area contributed by atoms with Crippen molar-refractivity contribution in [3.05, 3.63) is 30.1 Å². The van der Waals surface area contributed by atoms with Crippen LogP contribution >= 0.6 is 12.4 Å². The van der Waals surface area contributed by atoms with Crippen LogP contribution in [0.4, 0.5) is 4.39 Å². The van der Waals surface area contributed by atoms with Crippen LogP contribution in [0.15, 0.2) is 24.3 Å². The van der Waals surface area contributed by atoms with Crippen molar-refractivity contribution in [3.63, 3.8) is 0 Å². The van der Waals surface area contributed by atoms with E-state index in [0.29, 0.717) is 24.8 Å². The molecule has 0 spiro atoms. The number of likely N-dealkylation sites (N-methyl/N-ethyl adjacent to an activating group) is 1. The van der Waals surface area contributed by atoms with Gasteiger partial charge in [-0.2, -0.15) is 0 Å². The van der Waals surface area contributed by atoms with E-state index >= 15 is 0 Å². The molecule has 0 saturated carbocycles. The Morgan fingerprint density at radius 2 is 2.14 bits per heavy atom. The van der Waals surface area contributed by atoms with E-state index in [1.807, 2.05) is 11.9 Å². The Balaban J connectivity index is 0.00000220. The smallest absolute Gasteiger partial charge is 0.226 e. The molecule has 118 valence electrons. The number of nitrogens with one attached hydrogen (secondary N) is 1. The van der Waals surface area contributed by atoms with Crippen molar-refractivity contribution in [3.8, 4) is 5.75 Å². The lowest BCUT2D eigenvalue weighted by Gasteiger charge is -2.24. The molecule has 1 atom stereocenters. The van der Waals surface area contributed by atoms with Crippen molar-refractivity contribution >= 4 is 18.3 Å². The largest absolute Gasteiger partial charge is 0.493 e. The van der Waals surface area contributed by atoms with Gasteiger partial charge in [-0.05, 0) is 44.2 Å². The Bertz CT molecular complexity index is 442. The normalized spacial score (nSPS) is 17.4. The molecule has 1 saturated heterocycles. The van der Waals surface area contributed by atoms with Gasteiger partial charge in [0.15, 0.2) is 0 Å². The summed E-state index contributed by atoms with van der Waals surface area (Å²) >= 11 is 0. The lowest BCUT2D eigenvalue weighted by molar-refractivity contribution is -0.132. The van der Waals surface area contributed by atoms with Gasteiger partial charge >= 0.3 is 0 Å². The molecule has 1 unspecified atom stereocenters. The highest BCUT2D eigenvalue weighted by molar-refractivity contribution is 5.85. The lowest BCUT2D eigenvalue weighted by atomic mass is 10.2. The SMILES string of the molecule is CNCC1CCCN1C(=O)CCOc1ccc(F)cc1.Cl. The van der Waals surface area contributed by atoms with E-state index in [2.05, 4.69) is 5.32 Å². The van der Waals surface area contributed by atoms with Crippen LogP contribution in [-0.4, -0.2) is 43.6 Å². The quantitative estimate of drug-likeness (QED) is 0.875. The van der Waals surface area contributed by atoms with E-state index in [0.717, 1.165) is 25.9 Å². The molecule has 21 heavy (non-hydrogen) atoms. The van der Waals surface area contributed by atoms with Crippen LogP contribution in [0.1, 0.15) is 19.3 Å². The summed E-state index contributed by atoms with van der Waals surface area (Å²) in [6.07, 6.45) is 2.49. The van der Waals surface area contributed by atoms with Crippen LogP contribution in [0.25, 0.3) is 0 Å². The van der Waals surface area contributed by atoms with Gasteiger partial charge in [0, 0.05) is 19.1 Å². The molecule has 4 nitrogen and oxygen atoms in total. The van der Waals surface area contributed by atoms with Gasteiger partial charge in [-0.15, -0.1) is 12.4 Å². The molecule has 1 aliphatic heterocycles.